The van der Waals surface area contributed by atoms with Crippen LogP contribution in [-0.2, 0) is 28.5 Å². The van der Waals surface area contributed by atoms with Gasteiger partial charge in [-0.1, -0.05) is 0 Å². The van der Waals surface area contributed by atoms with Crippen molar-refractivity contribution in [2.24, 2.45) is 0 Å². The van der Waals surface area contributed by atoms with Gasteiger partial charge in [0.25, 0.3) is 0 Å². The molecule has 0 radical (unpaired) electrons. The van der Waals surface area contributed by atoms with Crippen molar-refractivity contribution in [3.8, 4) is 0 Å². The molecule has 4 atom stereocenters. The van der Waals surface area contributed by atoms with Gasteiger partial charge < -0.3 is 28.8 Å². The van der Waals surface area contributed by atoms with Gasteiger partial charge in [0, 0.05) is 0 Å². The van der Waals surface area contributed by atoms with E-state index in [-0.39, 0.29) is 0 Å². The van der Waals surface area contributed by atoms with E-state index in [1.807, 2.05) is 0 Å². The van der Waals surface area contributed by atoms with Crippen molar-refractivity contribution in [3.05, 3.63) is 0 Å². The first kappa shape index (κ1) is 15.7. The third kappa shape index (κ3) is 3.12. The highest BCUT2D eigenvalue weighted by Crippen LogP contribution is 2.36. The lowest BCUT2D eigenvalue weighted by Gasteiger charge is -2.25. The Balaban J connectivity index is 2.14. The van der Waals surface area contributed by atoms with E-state index in [1.54, 1.807) is 27.7 Å². The summed E-state index contributed by atoms with van der Waals surface area (Å²) >= 11 is 0. The molecule has 0 amide bonds. The Morgan fingerprint density at radius 2 is 1.85 bits per heavy atom. The number of hydrogen-bond donors (Lipinski definition) is 1. The van der Waals surface area contributed by atoms with Crippen LogP contribution in [0.25, 0.3) is 0 Å². The minimum atomic E-state index is -1.43. The molecule has 2 aliphatic heterocycles. The fourth-order valence-electron chi connectivity index (χ4n) is 2.48. The second-order valence-electron chi connectivity index (χ2n) is 5.90. The van der Waals surface area contributed by atoms with Crippen LogP contribution in [0.2, 0.25) is 0 Å². The molecule has 0 saturated carbocycles. The zero-order chi connectivity index (χ0) is 15.1. The molecular weight excluding hydrogens is 268 g/mol. The van der Waals surface area contributed by atoms with Gasteiger partial charge in [0.2, 0.25) is 0 Å². The van der Waals surface area contributed by atoms with Crippen LogP contribution >= 0.6 is 0 Å². The second-order valence-corrected chi connectivity index (χ2v) is 5.90. The predicted octanol–water partition coefficient (Wildman–Crippen LogP) is 0.192. The Morgan fingerprint density at radius 3 is 2.35 bits per heavy atom. The maximum absolute atomic E-state index is 11.5. The number of ether oxygens (including phenoxy) is 5. The normalized spacial score (nSPS) is 36.8. The van der Waals surface area contributed by atoms with Crippen LogP contribution in [0.15, 0.2) is 0 Å². The lowest BCUT2D eigenvalue weighted by molar-refractivity contribution is -0.176. The van der Waals surface area contributed by atoms with E-state index in [0.29, 0.717) is 6.61 Å². The van der Waals surface area contributed by atoms with Gasteiger partial charge in [-0.2, -0.15) is 0 Å². The highest BCUT2D eigenvalue weighted by Gasteiger charge is 2.53. The Bertz CT molecular complexity index is 379. The van der Waals surface area contributed by atoms with Crippen molar-refractivity contribution >= 4 is 5.97 Å². The summed E-state index contributed by atoms with van der Waals surface area (Å²) < 4.78 is 27.1. The molecule has 2 aliphatic rings. The van der Waals surface area contributed by atoms with Crippen LogP contribution in [0.3, 0.4) is 0 Å². The molecule has 0 aliphatic carbocycles. The van der Waals surface area contributed by atoms with Crippen LogP contribution in [0, 0.1) is 0 Å². The van der Waals surface area contributed by atoms with E-state index in [2.05, 4.69) is 4.74 Å². The summed E-state index contributed by atoms with van der Waals surface area (Å²) in [5.41, 5.74) is 0. The van der Waals surface area contributed by atoms with E-state index in [0.717, 1.165) is 0 Å². The molecule has 20 heavy (non-hydrogen) atoms. The van der Waals surface area contributed by atoms with Crippen LogP contribution < -0.4 is 0 Å². The predicted molar refractivity (Wildman–Crippen MR) is 66.8 cm³/mol. The largest absolute Gasteiger partial charge is 0.467 e. The zero-order valence-corrected chi connectivity index (χ0v) is 12.4. The van der Waals surface area contributed by atoms with Crippen molar-refractivity contribution in [2.45, 2.75) is 63.7 Å². The van der Waals surface area contributed by atoms with E-state index in [4.69, 9.17) is 18.9 Å². The van der Waals surface area contributed by atoms with Crippen molar-refractivity contribution in [1.82, 2.24) is 0 Å². The Morgan fingerprint density at radius 1 is 1.20 bits per heavy atom. The molecule has 0 aromatic carbocycles. The fourth-order valence-corrected chi connectivity index (χ4v) is 2.48. The van der Waals surface area contributed by atoms with Gasteiger partial charge in [0.05, 0.1) is 13.7 Å². The van der Waals surface area contributed by atoms with Gasteiger partial charge in [-0.25, -0.2) is 4.79 Å². The molecule has 0 spiro atoms. The molecule has 2 saturated heterocycles. The minimum Gasteiger partial charge on any atom is -0.467 e. The maximum Gasteiger partial charge on any atom is 0.337 e. The number of esters is 1. The van der Waals surface area contributed by atoms with Crippen molar-refractivity contribution in [2.75, 3.05) is 13.7 Å². The van der Waals surface area contributed by atoms with E-state index in [9.17, 15) is 9.90 Å². The van der Waals surface area contributed by atoms with Gasteiger partial charge in [0.15, 0.2) is 17.7 Å². The summed E-state index contributed by atoms with van der Waals surface area (Å²) in [6.45, 7) is 7.32. The van der Waals surface area contributed by atoms with Gasteiger partial charge in [-0.3, -0.25) is 0 Å². The van der Waals surface area contributed by atoms with Gasteiger partial charge in [-0.05, 0) is 27.7 Å². The number of carbonyl (C=O) groups is 1. The van der Waals surface area contributed by atoms with E-state index < -0.39 is 42.0 Å². The lowest BCUT2D eigenvalue weighted by Crippen LogP contribution is -2.47. The number of methoxy groups -OCH3 is 1. The zero-order valence-electron chi connectivity index (χ0n) is 12.4. The minimum absolute atomic E-state index is 0.307. The van der Waals surface area contributed by atoms with Crippen LogP contribution in [0.5, 0.6) is 0 Å². The summed E-state index contributed by atoms with van der Waals surface area (Å²) in [6.07, 6.45) is -3.32. The van der Waals surface area contributed by atoms with Crippen molar-refractivity contribution in [3.63, 3.8) is 0 Å². The smallest absolute Gasteiger partial charge is 0.337 e. The summed E-state index contributed by atoms with van der Waals surface area (Å²) in [7, 11) is 1.21. The summed E-state index contributed by atoms with van der Waals surface area (Å²) in [5.74, 6) is -2.40. The molecule has 0 bridgehead atoms. The topological polar surface area (TPSA) is 83.5 Å². The molecule has 0 aromatic rings. The fraction of sp³-hybridized carbons (Fsp3) is 0.923. The first-order valence-corrected chi connectivity index (χ1v) is 6.58. The maximum atomic E-state index is 11.5. The summed E-state index contributed by atoms with van der Waals surface area (Å²) in [6, 6.07) is 0. The highest BCUT2D eigenvalue weighted by molar-refractivity contribution is 5.75. The number of aliphatic hydroxyl groups is 1. The molecule has 116 valence electrons. The lowest BCUT2D eigenvalue weighted by atomic mass is 10.0. The standard InChI is InChI=1S/C13H22O7/c1-12(2)17-6-7(18-12)9-10(8(14)11(15)16-5)20-13(3,4)19-9/h7-10,14H,6H2,1-5H3/t7-,8-,9?,10?/m1/s1. The van der Waals surface area contributed by atoms with Crippen molar-refractivity contribution in [1.29, 1.82) is 0 Å². The molecule has 0 aromatic heterocycles. The second kappa shape index (κ2) is 5.23. The molecule has 2 rings (SSSR count). The van der Waals surface area contributed by atoms with Gasteiger partial charge in [-0.15, -0.1) is 0 Å². The number of carbonyl (C=O) groups excluding carboxylic acids is 1. The molecular formula is C13H22O7. The molecule has 1 N–H and O–H groups in total. The Labute approximate surface area is 118 Å². The monoisotopic (exact) mass is 290 g/mol. The van der Waals surface area contributed by atoms with Crippen molar-refractivity contribution < 1.29 is 33.6 Å². The quantitative estimate of drug-likeness (QED) is 0.743. The number of rotatable bonds is 3. The number of hydrogen-bond acceptors (Lipinski definition) is 7. The molecule has 2 heterocycles. The van der Waals surface area contributed by atoms with E-state index in [1.165, 1.54) is 7.11 Å². The average molecular weight is 290 g/mol. The van der Waals surface area contributed by atoms with Gasteiger partial charge in [0.1, 0.15) is 18.3 Å². The Kier molecular flexibility index (Phi) is 4.10. The van der Waals surface area contributed by atoms with Crippen LogP contribution in [-0.4, -0.2) is 60.8 Å². The average Bonchev–Trinajstić information content (AvgIpc) is 2.86. The summed E-state index contributed by atoms with van der Waals surface area (Å²) in [4.78, 5) is 11.5. The number of aliphatic hydroxyl groups excluding tert-OH is 1. The van der Waals surface area contributed by atoms with Gasteiger partial charge >= 0.3 is 5.97 Å². The SMILES string of the molecule is COC(=O)[C@H](O)C1OC(C)(C)OC1[C@H]1COC(C)(C)O1. The van der Waals surface area contributed by atoms with E-state index >= 15 is 0 Å². The van der Waals surface area contributed by atoms with Crippen LogP contribution in [0.1, 0.15) is 27.7 Å². The molecule has 2 fully saturated rings. The molecule has 7 heteroatoms. The first-order valence-electron chi connectivity index (χ1n) is 6.58. The first-order chi connectivity index (χ1) is 9.15. The molecule has 7 nitrogen and oxygen atoms in total. The van der Waals surface area contributed by atoms with Crippen LogP contribution in [0.4, 0.5) is 0 Å². The summed E-state index contributed by atoms with van der Waals surface area (Å²) in [5, 5.41) is 10.0. The Hall–Kier alpha value is -0.730. The third-order valence-electron chi connectivity index (χ3n) is 3.31. The molecule has 2 unspecified atom stereocenters. The third-order valence-corrected chi connectivity index (χ3v) is 3.31. The highest BCUT2D eigenvalue weighted by atomic mass is 16.8.